The van der Waals surface area contributed by atoms with Crippen LogP contribution >= 0.6 is 11.8 Å². The van der Waals surface area contributed by atoms with Crippen molar-refractivity contribution >= 4 is 23.6 Å². The van der Waals surface area contributed by atoms with Gasteiger partial charge in [-0.2, -0.15) is 0 Å². The van der Waals surface area contributed by atoms with E-state index in [1.165, 1.54) is 0 Å². The van der Waals surface area contributed by atoms with Crippen molar-refractivity contribution < 1.29 is 9.59 Å². The third-order valence-electron chi connectivity index (χ3n) is 5.34. The highest BCUT2D eigenvalue weighted by Crippen LogP contribution is 2.35. The molecule has 2 amide bonds. The summed E-state index contributed by atoms with van der Waals surface area (Å²) >= 11 is 1.71. The Kier molecular flexibility index (Phi) is 7.01. The summed E-state index contributed by atoms with van der Waals surface area (Å²) in [5.74, 6) is 0.945. The number of carbonyl (C=O) groups excluding carboxylic acids is 2. The van der Waals surface area contributed by atoms with Crippen molar-refractivity contribution in [3.8, 4) is 0 Å². The normalized spacial score (nSPS) is 20.0. The van der Waals surface area contributed by atoms with Crippen molar-refractivity contribution in [2.45, 2.75) is 51.6 Å². The number of nitrogens with zero attached hydrogens (tertiary/aromatic N) is 1. The Balaban J connectivity index is 1.83. The zero-order valence-electron chi connectivity index (χ0n) is 17.6. The van der Waals surface area contributed by atoms with E-state index in [0.29, 0.717) is 17.2 Å². The molecule has 1 N–H and O–H groups in total. The molecule has 0 aromatic heterocycles. The zero-order valence-corrected chi connectivity index (χ0v) is 18.4. The van der Waals surface area contributed by atoms with Gasteiger partial charge in [0.05, 0.1) is 11.4 Å². The van der Waals surface area contributed by atoms with E-state index in [9.17, 15) is 9.59 Å². The van der Waals surface area contributed by atoms with Gasteiger partial charge in [0.25, 0.3) is 5.91 Å². The largest absolute Gasteiger partial charge is 0.348 e. The highest BCUT2D eigenvalue weighted by Gasteiger charge is 2.42. The van der Waals surface area contributed by atoms with Crippen LogP contribution in [-0.2, 0) is 4.79 Å². The molecule has 2 aromatic carbocycles. The predicted molar refractivity (Wildman–Crippen MR) is 120 cm³/mol. The van der Waals surface area contributed by atoms with Gasteiger partial charge in [-0.05, 0) is 43.4 Å². The molecule has 5 heteroatoms. The van der Waals surface area contributed by atoms with Crippen LogP contribution in [0.2, 0.25) is 0 Å². The van der Waals surface area contributed by atoms with Crippen LogP contribution in [-0.4, -0.2) is 33.9 Å². The summed E-state index contributed by atoms with van der Waals surface area (Å²) in [4.78, 5) is 28.5. The van der Waals surface area contributed by atoms with Crippen LogP contribution in [0.5, 0.6) is 0 Å². The van der Waals surface area contributed by atoms with E-state index >= 15 is 0 Å². The Hall–Kier alpha value is -2.27. The number of benzene rings is 2. The van der Waals surface area contributed by atoms with E-state index in [1.807, 2.05) is 73.3 Å². The van der Waals surface area contributed by atoms with Gasteiger partial charge in [0, 0.05) is 11.3 Å². The first-order valence-electron chi connectivity index (χ1n) is 10.2. The third-order valence-corrected chi connectivity index (χ3v) is 6.65. The SMILES string of the molecule is Cc1ccccc1C(=O)N1C(CC(C)C)SCC1C(=O)NC(C)c1ccccc1. The van der Waals surface area contributed by atoms with Gasteiger partial charge in [-0.15, -0.1) is 11.8 Å². The fraction of sp³-hybridized carbons (Fsp3) is 0.417. The molecule has 0 bridgehead atoms. The summed E-state index contributed by atoms with van der Waals surface area (Å²) in [5.41, 5.74) is 2.68. The lowest BCUT2D eigenvalue weighted by Gasteiger charge is -2.31. The van der Waals surface area contributed by atoms with Gasteiger partial charge in [-0.25, -0.2) is 0 Å². The molecule has 3 unspecified atom stereocenters. The van der Waals surface area contributed by atoms with Gasteiger partial charge < -0.3 is 10.2 Å². The van der Waals surface area contributed by atoms with E-state index in [0.717, 1.165) is 17.5 Å². The molecule has 1 saturated heterocycles. The minimum atomic E-state index is -0.456. The average molecular weight is 411 g/mol. The summed E-state index contributed by atoms with van der Waals surface area (Å²) in [6, 6.07) is 17.0. The Morgan fingerprint density at radius 2 is 1.72 bits per heavy atom. The Bertz CT molecular complexity index is 853. The van der Waals surface area contributed by atoms with Crippen molar-refractivity contribution in [3.63, 3.8) is 0 Å². The number of aryl methyl sites for hydroxylation is 1. The predicted octanol–water partition coefficient (Wildman–Crippen LogP) is 4.80. The minimum absolute atomic E-state index is 0.0184. The standard InChI is InChI=1S/C24H30N2O2S/c1-16(2)14-22-26(24(28)20-13-9-8-10-17(20)3)21(15-29-22)23(27)25-18(4)19-11-6-5-7-12-19/h5-13,16,18,21-22H,14-15H2,1-4H3,(H,25,27). The van der Waals surface area contributed by atoms with Crippen LogP contribution in [0.3, 0.4) is 0 Å². The first-order chi connectivity index (χ1) is 13.9. The van der Waals surface area contributed by atoms with Crippen LogP contribution < -0.4 is 5.32 Å². The molecule has 1 aliphatic heterocycles. The summed E-state index contributed by atoms with van der Waals surface area (Å²) in [7, 11) is 0. The average Bonchev–Trinajstić information content (AvgIpc) is 3.11. The van der Waals surface area contributed by atoms with Crippen LogP contribution in [0.25, 0.3) is 0 Å². The highest BCUT2D eigenvalue weighted by molar-refractivity contribution is 8.00. The molecule has 2 aromatic rings. The third kappa shape index (κ3) is 5.02. The number of thioether (sulfide) groups is 1. The fourth-order valence-corrected chi connectivity index (χ4v) is 5.35. The topological polar surface area (TPSA) is 49.4 Å². The van der Waals surface area contributed by atoms with Gasteiger partial charge >= 0.3 is 0 Å². The number of hydrogen-bond donors (Lipinski definition) is 1. The van der Waals surface area contributed by atoms with Crippen LogP contribution in [0.15, 0.2) is 54.6 Å². The van der Waals surface area contributed by atoms with Crippen molar-refractivity contribution in [1.82, 2.24) is 10.2 Å². The Morgan fingerprint density at radius 1 is 1.07 bits per heavy atom. The first kappa shape index (κ1) is 21.4. The molecular weight excluding hydrogens is 380 g/mol. The van der Waals surface area contributed by atoms with Crippen molar-refractivity contribution in [1.29, 1.82) is 0 Å². The zero-order chi connectivity index (χ0) is 21.0. The van der Waals surface area contributed by atoms with Gasteiger partial charge in [0.1, 0.15) is 6.04 Å². The first-order valence-corrected chi connectivity index (χ1v) is 11.3. The van der Waals surface area contributed by atoms with Crippen molar-refractivity contribution in [3.05, 3.63) is 71.3 Å². The maximum atomic E-state index is 13.5. The van der Waals surface area contributed by atoms with Gasteiger partial charge in [-0.3, -0.25) is 9.59 Å². The Morgan fingerprint density at radius 3 is 2.38 bits per heavy atom. The number of carbonyl (C=O) groups is 2. The minimum Gasteiger partial charge on any atom is -0.348 e. The maximum Gasteiger partial charge on any atom is 0.255 e. The summed E-state index contributed by atoms with van der Waals surface area (Å²) in [6.45, 7) is 8.23. The van der Waals surface area contributed by atoms with E-state index in [1.54, 1.807) is 11.8 Å². The second-order valence-corrected chi connectivity index (χ2v) is 9.31. The molecule has 1 aliphatic rings. The second-order valence-electron chi connectivity index (χ2n) is 8.10. The van der Waals surface area contributed by atoms with Gasteiger partial charge in [0.15, 0.2) is 0 Å². The summed E-state index contributed by atoms with van der Waals surface area (Å²) in [5, 5.41) is 3.14. The fourth-order valence-electron chi connectivity index (χ4n) is 3.71. The number of rotatable bonds is 6. The molecule has 29 heavy (non-hydrogen) atoms. The highest BCUT2D eigenvalue weighted by atomic mass is 32.2. The van der Waals surface area contributed by atoms with Gasteiger partial charge in [0.2, 0.25) is 5.91 Å². The molecule has 4 nitrogen and oxygen atoms in total. The molecule has 1 fully saturated rings. The summed E-state index contributed by atoms with van der Waals surface area (Å²) in [6.07, 6.45) is 0.875. The molecule has 3 atom stereocenters. The molecule has 154 valence electrons. The molecule has 0 saturated carbocycles. The van der Waals surface area contributed by atoms with Crippen molar-refractivity contribution in [2.24, 2.45) is 5.92 Å². The molecule has 3 rings (SSSR count). The molecule has 0 spiro atoms. The van der Waals surface area contributed by atoms with Crippen LogP contribution in [0.4, 0.5) is 0 Å². The molecule has 0 aliphatic carbocycles. The van der Waals surface area contributed by atoms with Crippen molar-refractivity contribution in [2.75, 3.05) is 5.75 Å². The van der Waals surface area contributed by atoms with Crippen LogP contribution in [0, 0.1) is 12.8 Å². The summed E-state index contributed by atoms with van der Waals surface area (Å²) < 4.78 is 0. The number of amides is 2. The lowest BCUT2D eigenvalue weighted by atomic mass is 10.0. The lowest BCUT2D eigenvalue weighted by Crippen LogP contribution is -2.50. The lowest BCUT2D eigenvalue weighted by molar-refractivity contribution is -0.125. The van der Waals surface area contributed by atoms with E-state index in [-0.39, 0.29) is 23.2 Å². The second kappa shape index (κ2) is 9.49. The van der Waals surface area contributed by atoms with E-state index in [2.05, 4.69) is 19.2 Å². The maximum absolute atomic E-state index is 13.5. The van der Waals surface area contributed by atoms with E-state index in [4.69, 9.17) is 0 Å². The molecule has 1 heterocycles. The quantitative estimate of drug-likeness (QED) is 0.744. The number of nitrogens with one attached hydrogen (secondary N) is 1. The smallest absolute Gasteiger partial charge is 0.255 e. The Labute approximate surface area is 178 Å². The molecular formula is C24H30N2O2S. The van der Waals surface area contributed by atoms with Crippen LogP contribution in [0.1, 0.15) is 54.7 Å². The van der Waals surface area contributed by atoms with Gasteiger partial charge in [-0.1, -0.05) is 62.4 Å². The number of hydrogen-bond acceptors (Lipinski definition) is 3. The van der Waals surface area contributed by atoms with E-state index < -0.39 is 6.04 Å². The monoisotopic (exact) mass is 410 g/mol. The molecule has 0 radical (unpaired) electrons.